The maximum Gasteiger partial charge on any atom is 0.224 e. The minimum atomic E-state index is 0.149. The molecule has 0 bridgehead atoms. The molecule has 0 saturated carbocycles. The van der Waals surface area contributed by atoms with Crippen LogP contribution in [0, 0.1) is 0 Å². The van der Waals surface area contributed by atoms with E-state index in [0.717, 1.165) is 29.9 Å². The molecule has 1 heterocycles. The molecule has 1 amide bonds. The molecule has 6 heteroatoms. The second-order valence-corrected chi connectivity index (χ2v) is 5.47. The van der Waals surface area contributed by atoms with Crippen molar-refractivity contribution < 1.29 is 4.79 Å². The molecular weight excluding hydrogens is 309 g/mol. The number of hydrogen-bond acceptors (Lipinski definition) is 2. The number of halogens is 2. The Labute approximate surface area is 134 Å². The molecule has 0 aliphatic rings. The highest BCUT2D eigenvalue weighted by Gasteiger charge is 2.14. The fourth-order valence-corrected chi connectivity index (χ4v) is 2.82. The molecule has 0 spiro atoms. The molecular formula is C15H19Cl2N3O. The molecule has 1 aromatic heterocycles. The lowest BCUT2D eigenvalue weighted by Crippen LogP contribution is -2.31. The van der Waals surface area contributed by atoms with Crippen LogP contribution in [0.25, 0.3) is 11.0 Å². The Morgan fingerprint density at radius 2 is 2.05 bits per heavy atom. The number of imidazole rings is 1. The van der Waals surface area contributed by atoms with E-state index in [0.29, 0.717) is 23.9 Å². The fraction of sp³-hybridized carbons (Fsp3) is 0.467. The zero-order chi connectivity index (χ0) is 15.4. The summed E-state index contributed by atoms with van der Waals surface area (Å²) in [5, 5.41) is 0.646. The van der Waals surface area contributed by atoms with E-state index in [4.69, 9.17) is 23.2 Å². The van der Waals surface area contributed by atoms with Crippen molar-refractivity contribution in [3.8, 4) is 0 Å². The van der Waals surface area contributed by atoms with Gasteiger partial charge < -0.3 is 9.47 Å². The number of aromatic nitrogens is 2. The van der Waals surface area contributed by atoms with Gasteiger partial charge in [-0.2, -0.15) is 0 Å². The van der Waals surface area contributed by atoms with E-state index < -0.39 is 0 Å². The Kier molecular flexibility index (Phi) is 5.48. The first kappa shape index (κ1) is 16.1. The number of carbonyl (C=O) groups is 1. The maximum atomic E-state index is 12.1. The Morgan fingerprint density at radius 3 is 2.67 bits per heavy atom. The summed E-state index contributed by atoms with van der Waals surface area (Å²) in [6.07, 6.45) is 0.444. The van der Waals surface area contributed by atoms with Gasteiger partial charge in [-0.1, -0.05) is 11.6 Å². The maximum absolute atomic E-state index is 12.1. The quantitative estimate of drug-likeness (QED) is 0.759. The number of amides is 1. The highest BCUT2D eigenvalue weighted by Crippen LogP contribution is 2.22. The largest absolute Gasteiger partial charge is 0.343 e. The number of fused-ring (bicyclic) bond motifs is 1. The summed E-state index contributed by atoms with van der Waals surface area (Å²) >= 11 is 12.0. The third-order valence-electron chi connectivity index (χ3n) is 3.57. The van der Waals surface area contributed by atoms with Crippen LogP contribution in [-0.2, 0) is 17.2 Å². The van der Waals surface area contributed by atoms with Crippen molar-refractivity contribution in [2.75, 3.05) is 13.1 Å². The second-order valence-electron chi connectivity index (χ2n) is 4.76. The van der Waals surface area contributed by atoms with Gasteiger partial charge in [0.05, 0.1) is 16.9 Å². The molecule has 0 N–H and O–H groups in total. The normalized spacial score (nSPS) is 11.0. The summed E-state index contributed by atoms with van der Waals surface area (Å²) in [5.41, 5.74) is 1.77. The van der Waals surface area contributed by atoms with Gasteiger partial charge in [0.2, 0.25) is 5.91 Å². The molecule has 0 saturated heterocycles. The van der Waals surface area contributed by atoms with Gasteiger partial charge in [-0.3, -0.25) is 4.79 Å². The zero-order valence-electron chi connectivity index (χ0n) is 12.3. The molecule has 0 fully saturated rings. The van der Waals surface area contributed by atoms with Crippen molar-refractivity contribution >= 4 is 40.1 Å². The van der Waals surface area contributed by atoms with Crippen molar-refractivity contribution in [3.05, 3.63) is 29.0 Å². The summed E-state index contributed by atoms with van der Waals surface area (Å²) in [7, 11) is 0. The van der Waals surface area contributed by atoms with Gasteiger partial charge in [0.1, 0.15) is 5.82 Å². The molecule has 1 aromatic carbocycles. The summed E-state index contributed by atoms with van der Waals surface area (Å²) in [4.78, 5) is 18.4. The molecule has 0 atom stereocenters. The summed E-state index contributed by atoms with van der Waals surface area (Å²) in [6.45, 7) is 6.02. The van der Waals surface area contributed by atoms with Gasteiger partial charge in [-0.05, 0) is 32.0 Å². The number of carbonyl (C=O) groups excluding carboxylic acids is 1. The van der Waals surface area contributed by atoms with E-state index in [2.05, 4.69) is 4.98 Å². The lowest BCUT2D eigenvalue weighted by molar-refractivity contribution is -0.131. The van der Waals surface area contributed by atoms with Crippen molar-refractivity contribution in [3.63, 3.8) is 0 Å². The van der Waals surface area contributed by atoms with Crippen LogP contribution >= 0.6 is 23.2 Å². The van der Waals surface area contributed by atoms with E-state index in [1.807, 2.05) is 41.5 Å². The summed E-state index contributed by atoms with van der Waals surface area (Å²) < 4.78 is 2.00. The van der Waals surface area contributed by atoms with Crippen LogP contribution < -0.4 is 0 Å². The number of nitrogens with zero attached hydrogens (tertiary/aromatic N) is 3. The van der Waals surface area contributed by atoms with Crippen molar-refractivity contribution in [1.82, 2.24) is 14.5 Å². The predicted octanol–water partition coefficient (Wildman–Crippen LogP) is 3.69. The topological polar surface area (TPSA) is 38.1 Å². The van der Waals surface area contributed by atoms with Crippen LogP contribution in [0.1, 0.15) is 26.1 Å². The van der Waals surface area contributed by atoms with Crippen LogP contribution in [0.3, 0.4) is 0 Å². The number of rotatable bonds is 6. The van der Waals surface area contributed by atoms with Crippen LogP contribution in [0.2, 0.25) is 5.02 Å². The van der Waals surface area contributed by atoms with Gasteiger partial charge in [-0.15, -0.1) is 11.6 Å². The molecule has 0 radical (unpaired) electrons. The first-order chi connectivity index (χ1) is 10.1. The summed E-state index contributed by atoms with van der Waals surface area (Å²) in [6, 6.07) is 5.56. The first-order valence-electron chi connectivity index (χ1n) is 7.09. The molecule has 0 aliphatic heterocycles. The van der Waals surface area contributed by atoms with Gasteiger partial charge in [0.25, 0.3) is 0 Å². The standard InChI is InChI=1S/C15H19Cl2N3O/c1-3-19(4-2)15(21)7-8-20-13-6-5-11(17)9-12(13)18-14(20)10-16/h5-6,9H,3-4,7-8,10H2,1-2H3. The minimum Gasteiger partial charge on any atom is -0.343 e. The van der Waals surface area contributed by atoms with E-state index >= 15 is 0 Å². The molecule has 21 heavy (non-hydrogen) atoms. The molecule has 114 valence electrons. The molecule has 0 aliphatic carbocycles. The van der Waals surface area contributed by atoms with E-state index in [1.165, 1.54) is 0 Å². The van der Waals surface area contributed by atoms with Crippen LogP contribution in [0.4, 0.5) is 0 Å². The van der Waals surface area contributed by atoms with Gasteiger partial charge in [0, 0.05) is 31.1 Å². The predicted molar refractivity (Wildman–Crippen MR) is 86.8 cm³/mol. The van der Waals surface area contributed by atoms with Crippen molar-refractivity contribution in [2.24, 2.45) is 0 Å². The number of benzene rings is 1. The molecule has 2 aromatic rings. The van der Waals surface area contributed by atoms with Gasteiger partial charge in [0.15, 0.2) is 0 Å². The number of aryl methyl sites for hydroxylation is 1. The van der Waals surface area contributed by atoms with E-state index in [9.17, 15) is 4.79 Å². The van der Waals surface area contributed by atoms with Crippen molar-refractivity contribution in [2.45, 2.75) is 32.7 Å². The SMILES string of the molecule is CCN(CC)C(=O)CCn1c(CCl)nc2cc(Cl)ccc21. The van der Waals surface area contributed by atoms with Gasteiger partial charge in [-0.25, -0.2) is 4.98 Å². The highest BCUT2D eigenvalue weighted by atomic mass is 35.5. The second kappa shape index (κ2) is 7.14. The first-order valence-corrected chi connectivity index (χ1v) is 8.00. The Morgan fingerprint density at radius 1 is 1.33 bits per heavy atom. The van der Waals surface area contributed by atoms with Crippen LogP contribution in [-0.4, -0.2) is 33.4 Å². The molecule has 4 nitrogen and oxygen atoms in total. The van der Waals surface area contributed by atoms with Crippen LogP contribution in [0.15, 0.2) is 18.2 Å². The Bertz CT molecular complexity index is 635. The van der Waals surface area contributed by atoms with E-state index in [-0.39, 0.29) is 5.91 Å². The van der Waals surface area contributed by atoms with Crippen LogP contribution in [0.5, 0.6) is 0 Å². The monoisotopic (exact) mass is 327 g/mol. The zero-order valence-corrected chi connectivity index (χ0v) is 13.8. The smallest absolute Gasteiger partial charge is 0.224 e. The van der Waals surface area contributed by atoms with Crippen molar-refractivity contribution in [1.29, 1.82) is 0 Å². The lowest BCUT2D eigenvalue weighted by atomic mass is 10.3. The molecule has 2 rings (SSSR count). The number of alkyl halides is 1. The minimum absolute atomic E-state index is 0.149. The average molecular weight is 328 g/mol. The van der Waals surface area contributed by atoms with E-state index in [1.54, 1.807) is 0 Å². The molecule has 0 unspecified atom stereocenters. The van der Waals surface area contributed by atoms with Gasteiger partial charge >= 0.3 is 0 Å². The Balaban J connectivity index is 2.23. The average Bonchev–Trinajstić information content (AvgIpc) is 2.83. The Hall–Kier alpha value is -1.26. The summed E-state index contributed by atoms with van der Waals surface area (Å²) in [5.74, 6) is 1.23. The fourth-order valence-electron chi connectivity index (χ4n) is 2.45. The third-order valence-corrected chi connectivity index (χ3v) is 4.05. The highest BCUT2D eigenvalue weighted by molar-refractivity contribution is 6.31. The third kappa shape index (κ3) is 3.50. The lowest BCUT2D eigenvalue weighted by Gasteiger charge is -2.19. The number of hydrogen-bond donors (Lipinski definition) is 0.